The molecular formula is C28H32N4O3. The van der Waals surface area contributed by atoms with Crippen molar-refractivity contribution in [2.24, 2.45) is 5.92 Å². The topological polar surface area (TPSA) is 76.5 Å². The summed E-state index contributed by atoms with van der Waals surface area (Å²) in [4.78, 5) is 32.2. The van der Waals surface area contributed by atoms with Gasteiger partial charge in [-0.05, 0) is 36.0 Å². The van der Waals surface area contributed by atoms with Gasteiger partial charge in [-0.25, -0.2) is 4.98 Å². The van der Waals surface area contributed by atoms with Crippen LogP contribution >= 0.6 is 0 Å². The molecule has 182 valence electrons. The largest absolute Gasteiger partial charge is 0.365 e. The van der Waals surface area contributed by atoms with Crippen LogP contribution in [0.3, 0.4) is 0 Å². The van der Waals surface area contributed by atoms with Gasteiger partial charge in [-0.3, -0.25) is 9.59 Å². The minimum atomic E-state index is -0.0737. The summed E-state index contributed by atoms with van der Waals surface area (Å²) >= 11 is 0. The van der Waals surface area contributed by atoms with Crippen molar-refractivity contribution in [3.05, 3.63) is 89.0 Å². The molecule has 0 spiro atoms. The fourth-order valence-corrected chi connectivity index (χ4v) is 4.90. The van der Waals surface area contributed by atoms with Crippen LogP contribution in [0.2, 0.25) is 0 Å². The van der Waals surface area contributed by atoms with Crippen LogP contribution in [-0.4, -0.2) is 39.4 Å². The number of fused-ring (bicyclic) bond motifs is 1. The first-order valence-corrected chi connectivity index (χ1v) is 12.5. The van der Waals surface area contributed by atoms with Gasteiger partial charge >= 0.3 is 0 Å². The molecule has 2 aromatic carbocycles. The van der Waals surface area contributed by atoms with Gasteiger partial charge in [0.2, 0.25) is 5.91 Å². The zero-order valence-electron chi connectivity index (χ0n) is 20.2. The van der Waals surface area contributed by atoms with Crippen molar-refractivity contribution in [3.63, 3.8) is 0 Å². The van der Waals surface area contributed by atoms with Crippen molar-refractivity contribution < 1.29 is 14.3 Å². The Morgan fingerprint density at radius 1 is 1.03 bits per heavy atom. The van der Waals surface area contributed by atoms with Crippen LogP contribution in [0.25, 0.3) is 0 Å². The van der Waals surface area contributed by atoms with Gasteiger partial charge in [-0.2, -0.15) is 0 Å². The van der Waals surface area contributed by atoms with Crippen molar-refractivity contribution >= 4 is 11.8 Å². The lowest BCUT2D eigenvalue weighted by atomic mass is 9.95. The molecule has 2 aliphatic heterocycles. The van der Waals surface area contributed by atoms with Crippen LogP contribution in [0, 0.1) is 5.92 Å². The average molecular weight is 473 g/mol. The summed E-state index contributed by atoms with van der Waals surface area (Å²) in [5.74, 6) is -0.0772. The summed E-state index contributed by atoms with van der Waals surface area (Å²) in [5.41, 5.74) is 4.81. The van der Waals surface area contributed by atoms with Crippen molar-refractivity contribution in [3.8, 4) is 0 Å². The van der Waals surface area contributed by atoms with Crippen LogP contribution in [-0.2, 0) is 35.6 Å². The van der Waals surface area contributed by atoms with Crippen LogP contribution in [0.1, 0.15) is 58.7 Å². The van der Waals surface area contributed by atoms with E-state index >= 15 is 0 Å². The molecule has 7 heteroatoms. The van der Waals surface area contributed by atoms with Crippen LogP contribution in [0.15, 0.2) is 60.9 Å². The lowest BCUT2D eigenvalue weighted by molar-refractivity contribution is -0.126. The molecule has 0 saturated carbocycles. The summed E-state index contributed by atoms with van der Waals surface area (Å²) in [5, 5.41) is 3.06. The first-order valence-electron chi connectivity index (χ1n) is 12.5. The van der Waals surface area contributed by atoms with E-state index in [0.717, 1.165) is 23.2 Å². The van der Waals surface area contributed by atoms with Gasteiger partial charge in [0.1, 0.15) is 6.10 Å². The maximum atomic E-state index is 13.2. The molecule has 1 N–H and O–H groups in total. The Balaban J connectivity index is 1.13. The molecule has 1 aromatic heterocycles. The zero-order chi connectivity index (χ0) is 24.2. The van der Waals surface area contributed by atoms with Crippen LogP contribution in [0.5, 0.6) is 0 Å². The zero-order valence-corrected chi connectivity index (χ0v) is 20.2. The number of carbonyl (C=O) groups excluding carboxylic acids is 2. The highest BCUT2D eigenvalue weighted by Crippen LogP contribution is 2.28. The number of imidazole rings is 1. The number of likely N-dealkylation sites (tertiary alicyclic amines) is 1. The highest BCUT2D eigenvalue weighted by Gasteiger charge is 2.32. The van der Waals surface area contributed by atoms with Gasteiger partial charge in [-0.15, -0.1) is 0 Å². The number of carbonyl (C=O) groups is 2. The second-order valence-electron chi connectivity index (χ2n) is 9.36. The number of aromatic nitrogens is 2. The molecule has 2 amide bonds. The first-order chi connectivity index (χ1) is 17.1. The Morgan fingerprint density at radius 3 is 2.46 bits per heavy atom. The van der Waals surface area contributed by atoms with E-state index in [1.165, 1.54) is 5.56 Å². The van der Waals surface area contributed by atoms with Crippen molar-refractivity contribution in [2.75, 3.05) is 13.1 Å². The highest BCUT2D eigenvalue weighted by atomic mass is 16.5. The molecule has 1 saturated heterocycles. The molecule has 0 bridgehead atoms. The van der Waals surface area contributed by atoms with Gasteiger partial charge in [0.15, 0.2) is 5.69 Å². The summed E-state index contributed by atoms with van der Waals surface area (Å²) in [6.07, 6.45) is 4.03. The van der Waals surface area contributed by atoms with Crippen molar-refractivity contribution in [1.29, 1.82) is 0 Å². The third-order valence-electron chi connectivity index (χ3n) is 7.15. The Hall–Kier alpha value is -3.45. The molecule has 3 aromatic rings. The van der Waals surface area contributed by atoms with Crippen LogP contribution < -0.4 is 5.32 Å². The Labute approximate surface area is 206 Å². The third-order valence-corrected chi connectivity index (χ3v) is 7.15. The van der Waals surface area contributed by atoms with Crippen molar-refractivity contribution in [2.45, 2.75) is 52.0 Å². The fraction of sp³-hybridized carbons (Fsp3) is 0.393. The molecule has 5 rings (SSSR count). The molecule has 35 heavy (non-hydrogen) atoms. The second kappa shape index (κ2) is 10.4. The SMILES string of the molecule is CCc1ccc(CNC(=O)C2CCN(C(=O)c3ncn4c3CO[C@H](c3ccccc3)C4)CC2)cc1. The Morgan fingerprint density at radius 2 is 1.74 bits per heavy atom. The number of nitrogens with zero attached hydrogens (tertiary/aromatic N) is 3. The number of ether oxygens (including phenoxy) is 1. The number of nitrogens with one attached hydrogen (secondary N) is 1. The summed E-state index contributed by atoms with van der Waals surface area (Å²) in [6, 6.07) is 18.5. The van der Waals surface area contributed by atoms with Gasteiger partial charge in [-0.1, -0.05) is 61.5 Å². The van der Waals surface area contributed by atoms with Gasteiger partial charge in [0, 0.05) is 25.6 Å². The summed E-state index contributed by atoms with van der Waals surface area (Å²) < 4.78 is 8.10. The van der Waals surface area contributed by atoms with Crippen LogP contribution in [0.4, 0.5) is 0 Å². The Bertz CT molecular complexity index is 1160. The lowest BCUT2D eigenvalue weighted by Gasteiger charge is -2.31. The molecule has 3 heterocycles. The predicted octanol–water partition coefficient (Wildman–Crippen LogP) is 3.89. The lowest BCUT2D eigenvalue weighted by Crippen LogP contribution is -2.43. The number of hydrogen-bond donors (Lipinski definition) is 1. The maximum absolute atomic E-state index is 13.2. The minimum absolute atomic E-state index is 0.0420. The monoisotopic (exact) mass is 472 g/mol. The summed E-state index contributed by atoms with van der Waals surface area (Å²) in [7, 11) is 0. The fourth-order valence-electron chi connectivity index (χ4n) is 4.90. The maximum Gasteiger partial charge on any atom is 0.274 e. The first kappa shape index (κ1) is 23.3. The molecule has 0 unspecified atom stereocenters. The number of benzene rings is 2. The minimum Gasteiger partial charge on any atom is -0.365 e. The number of rotatable bonds is 6. The Kier molecular flexibility index (Phi) is 6.95. The molecule has 0 radical (unpaired) electrons. The normalized spacial score (nSPS) is 18.2. The standard InChI is InChI=1S/C28H32N4O3/c1-2-20-8-10-21(11-9-20)16-29-27(33)23-12-14-31(15-13-23)28(34)26-24-18-35-25(17-32(24)19-30-26)22-6-4-3-5-7-22/h3-11,19,23,25H,2,12-18H2,1H3,(H,29,33)/t25-/m0/s1. The van der Waals surface area contributed by atoms with Gasteiger partial charge in [0.05, 0.1) is 25.2 Å². The van der Waals surface area contributed by atoms with E-state index in [0.29, 0.717) is 51.3 Å². The third kappa shape index (κ3) is 5.15. The van der Waals surface area contributed by atoms with E-state index in [9.17, 15) is 9.59 Å². The highest BCUT2D eigenvalue weighted by molar-refractivity contribution is 5.93. The van der Waals surface area contributed by atoms with E-state index in [1.807, 2.05) is 27.7 Å². The summed E-state index contributed by atoms with van der Waals surface area (Å²) in [6.45, 7) is 4.78. The quantitative estimate of drug-likeness (QED) is 0.591. The second-order valence-corrected chi connectivity index (χ2v) is 9.36. The van der Waals surface area contributed by atoms with E-state index in [1.54, 1.807) is 6.33 Å². The van der Waals surface area contributed by atoms with E-state index in [-0.39, 0.29) is 23.8 Å². The van der Waals surface area contributed by atoms with Crippen molar-refractivity contribution in [1.82, 2.24) is 19.8 Å². The van der Waals surface area contributed by atoms with E-state index in [4.69, 9.17) is 4.74 Å². The van der Waals surface area contributed by atoms with Gasteiger partial charge in [0.25, 0.3) is 5.91 Å². The molecule has 1 atom stereocenters. The number of piperidine rings is 1. The molecule has 2 aliphatic rings. The van der Waals surface area contributed by atoms with E-state index < -0.39 is 0 Å². The molecule has 0 aliphatic carbocycles. The van der Waals surface area contributed by atoms with Gasteiger partial charge < -0.3 is 19.5 Å². The molecular weight excluding hydrogens is 440 g/mol. The predicted molar refractivity (Wildman–Crippen MR) is 132 cm³/mol. The number of amides is 2. The average Bonchev–Trinajstić information content (AvgIpc) is 3.35. The number of aryl methyl sites for hydroxylation is 1. The molecule has 7 nitrogen and oxygen atoms in total. The molecule has 1 fully saturated rings. The smallest absolute Gasteiger partial charge is 0.274 e. The van der Waals surface area contributed by atoms with E-state index in [2.05, 4.69) is 53.6 Å². The number of hydrogen-bond acceptors (Lipinski definition) is 4.